The predicted octanol–water partition coefficient (Wildman–Crippen LogP) is 2.49. The summed E-state index contributed by atoms with van der Waals surface area (Å²) in [6.45, 7) is 3.42. The van der Waals surface area contributed by atoms with E-state index in [0.717, 1.165) is 24.3 Å². The van der Waals surface area contributed by atoms with E-state index in [4.69, 9.17) is 9.15 Å². The highest BCUT2D eigenvalue weighted by Gasteiger charge is 2.29. The number of carbonyl (C=O) groups excluding carboxylic acids is 1. The Morgan fingerprint density at radius 2 is 1.60 bits per heavy atom. The van der Waals surface area contributed by atoms with Gasteiger partial charge in [-0.1, -0.05) is 12.1 Å². The number of amides is 1. The Labute approximate surface area is 204 Å². The molecule has 0 spiro atoms. The first kappa shape index (κ1) is 23.3. The number of hydrogen-bond donors (Lipinski definition) is 0. The van der Waals surface area contributed by atoms with Crippen LogP contribution in [-0.4, -0.2) is 80.1 Å². The maximum absolute atomic E-state index is 12.9. The van der Waals surface area contributed by atoms with Gasteiger partial charge in [0.1, 0.15) is 5.75 Å². The van der Waals surface area contributed by atoms with Crippen molar-refractivity contribution in [1.82, 2.24) is 19.4 Å². The Bertz CT molecular complexity index is 1290. The minimum absolute atomic E-state index is 0.0838. The lowest BCUT2D eigenvalue weighted by Gasteiger charge is -2.36. The number of carbonyl (C=O) groups is 1. The summed E-state index contributed by atoms with van der Waals surface area (Å²) in [6, 6.07) is 14.1. The molecule has 0 unspecified atom stereocenters. The monoisotopic (exact) mass is 497 g/mol. The molecule has 2 fully saturated rings. The molecule has 0 atom stereocenters. The van der Waals surface area contributed by atoms with E-state index in [9.17, 15) is 13.2 Å². The number of sulfonamides is 1. The molecule has 2 aliphatic heterocycles. The maximum atomic E-state index is 12.9. The Balaban J connectivity index is 1.24. The summed E-state index contributed by atoms with van der Waals surface area (Å²) in [5.74, 6) is 0.565. The van der Waals surface area contributed by atoms with Gasteiger partial charge in [-0.25, -0.2) is 8.42 Å². The minimum Gasteiger partial charge on any atom is -0.495 e. The van der Waals surface area contributed by atoms with Crippen LogP contribution in [0.3, 0.4) is 0 Å². The fraction of sp³-hybridized carbons (Fsp3) is 0.375. The molecule has 0 bridgehead atoms. The van der Waals surface area contributed by atoms with Crippen LogP contribution in [-0.2, 0) is 10.0 Å². The Morgan fingerprint density at radius 1 is 0.914 bits per heavy atom. The molecule has 2 saturated heterocycles. The van der Waals surface area contributed by atoms with Crippen molar-refractivity contribution < 1.29 is 22.4 Å². The lowest BCUT2D eigenvalue weighted by atomic mass is 10.2. The van der Waals surface area contributed by atoms with Crippen molar-refractivity contribution in [2.45, 2.75) is 17.7 Å². The van der Waals surface area contributed by atoms with Crippen LogP contribution >= 0.6 is 0 Å². The number of nitrogens with zero attached hydrogens (tertiary/aromatic N) is 5. The molecule has 1 amide bonds. The van der Waals surface area contributed by atoms with Crippen molar-refractivity contribution in [3.8, 4) is 17.2 Å². The van der Waals surface area contributed by atoms with Crippen molar-refractivity contribution in [3.05, 3.63) is 54.4 Å². The summed E-state index contributed by atoms with van der Waals surface area (Å²) in [5.41, 5.74) is 1.55. The molecule has 0 radical (unpaired) electrons. The van der Waals surface area contributed by atoms with Crippen molar-refractivity contribution in [3.63, 3.8) is 0 Å². The summed E-state index contributed by atoms with van der Waals surface area (Å²) in [6.07, 6.45) is 1.76. The van der Waals surface area contributed by atoms with Crippen molar-refractivity contribution in [1.29, 1.82) is 0 Å². The molecular formula is C24H27N5O5S. The third kappa shape index (κ3) is 4.61. The number of methoxy groups -OCH3 is 1. The number of piperazine rings is 1. The van der Waals surface area contributed by atoms with Gasteiger partial charge in [0.05, 0.1) is 17.7 Å². The van der Waals surface area contributed by atoms with Gasteiger partial charge in [0.25, 0.3) is 0 Å². The second-order valence-corrected chi connectivity index (χ2v) is 10.4. The number of hydrogen-bond acceptors (Lipinski definition) is 8. The zero-order valence-corrected chi connectivity index (χ0v) is 20.3. The quantitative estimate of drug-likeness (QED) is 0.511. The Morgan fingerprint density at radius 3 is 2.29 bits per heavy atom. The van der Waals surface area contributed by atoms with Gasteiger partial charge in [-0.2, -0.15) is 4.31 Å². The molecule has 5 rings (SSSR count). The fourth-order valence-corrected chi connectivity index (χ4v) is 5.97. The van der Waals surface area contributed by atoms with E-state index in [2.05, 4.69) is 15.1 Å². The minimum atomic E-state index is -3.50. The second kappa shape index (κ2) is 9.67. The third-order valence-corrected chi connectivity index (χ3v) is 8.32. The van der Waals surface area contributed by atoms with E-state index >= 15 is 0 Å². The molecule has 184 valence electrons. The first-order valence-corrected chi connectivity index (χ1v) is 13.0. The zero-order chi connectivity index (χ0) is 24.4. The molecule has 0 saturated carbocycles. The van der Waals surface area contributed by atoms with Crippen LogP contribution < -0.4 is 9.64 Å². The van der Waals surface area contributed by atoms with Gasteiger partial charge in [0.2, 0.25) is 15.9 Å². The first-order valence-electron chi connectivity index (χ1n) is 11.6. The number of benzene rings is 2. The number of para-hydroxylation sites is 2. The molecule has 11 heteroatoms. The van der Waals surface area contributed by atoms with E-state index in [-0.39, 0.29) is 22.6 Å². The fourth-order valence-electron chi connectivity index (χ4n) is 4.45. The van der Waals surface area contributed by atoms with E-state index in [0.29, 0.717) is 44.8 Å². The number of aromatic nitrogens is 2. The SMILES string of the molecule is COc1ccccc1N1CCN(C(=O)c2nnc(-c3ccc(S(=O)(=O)N4CCCC4)cc3)o2)CC1. The highest BCUT2D eigenvalue weighted by molar-refractivity contribution is 7.89. The number of rotatable bonds is 6. The van der Waals surface area contributed by atoms with Gasteiger partial charge in [-0.3, -0.25) is 4.79 Å². The van der Waals surface area contributed by atoms with Gasteiger partial charge >= 0.3 is 11.8 Å². The van der Waals surface area contributed by atoms with Crippen molar-refractivity contribution in [2.75, 3.05) is 51.3 Å². The molecule has 0 aliphatic carbocycles. The number of anilines is 1. The van der Waals surface area contributed by atoms with E-state index < -0.39 is 10.0 Å². The predicted molar refractivity (Wildman–Crippen MR) is 129 cm³/mol. The zero-order valence-electron chi connectivity index (χ0n) is 19.5. The van der Waals surface area contributed by atoms with Crippen LogP contribution in [0.25, 0.3) is 11.5 Å². The van der Waals surface area contributed by atoms with E-state index in [1.807, 2.05) is 24.3 Å². The molecule has 3 heterocycles. The highest BCUT2D eigenvalue weighted by Crippen LogP contribution is 2.29. The average molecular weight is 498 g/mol. The van der Waals surface area contributed by atoms with Crippen molar-refractivity contribution >= 4 is 21.6 Å². The lowest BCUT2D eigenvalue weighted by Crippen LogP contribution is -2.49. The Kier molecular flexibility index (Phi) is 6.44. The smallest absolute Gasteiger partial charge is 0.311 e. The molecule has 3 aromatic rings. The van der Waals surface area contributed by atoms with Crippen LogP contribution in [0.2, 0.25) is 0 Å². The largest absolute Gasteiger partial charge is 0.495 e. The van der Waals surface area contributed by atoms with Crippen LogP contribution in [0.4, 0.5) is 5.69 Å². The standard InChI is InChI=1S/C24H27N5O5S/c1-33-21-7-3-2-6-20(21)27-14-16-28(17-15-27)24(30)23-26-25-22(34-23)18-8-10-19(11-9-18)35(31,32)29-12-4-5-13-29/h2-3,6-11H,4-5,12-17H2,1H3. The molecule has 2 aromatic carbocycles. The van der Waals surface area contributed by atoms with Crippen LogP contribution in [0.5, 0.6) is 5.75 Å². The summed E-state index contributed by atoms with van der Waals surface area (Å²) in [5, 5.41) is 7.94. The molecule has 10 nitrogen and oxygen atoms in total. The number of ether oxygens (including phenoxy) is 1. The summed E-state index contributed by atoms with van der Waals surface area (Å²) >= 11 is 0. The molecule has 0 N–H and O–H groups in total. The second-order valence-electron chi connectivity index (χ2n) is 8.50. The Hall–Kier alpha value is -3.44. The van der Waals surface area contributed by atoms with Gasteiger partial charge in [0, 0.05) is 44.8 Å². The topological polar surface area (TPSA) is 109 Å². The first-order chi connectivity index (χ1) is 17.0. The summed E-state index contributed by atoms with van der Waals surface area (Å²) in [7, 11) is -1.85. The van der Waals surface area contributed by atoms with Crippen LogP contribution in [0.1, 0.15) is 23.5 Å². The lowest BCUT2D eigenvalue weighted by molar-refractivity contribution is 0.0707. The summed E-state index contributed by atoms with van der Waals surface area (Å²) < 4.78 is 38.0. The van der Waals surface area contributed by atoms with E-state index in [1.54, 1.807) is 24.1 Å². The van der Waals surface area contributed by atoms with Gasteiger partial charge in [-0.05, 0) is 49.2 Å². The summed E-state index contributed by atoms with van der Waals surface area (Å²) in [4.78, 5) is 17.0. The molecule has 1 aromatic heterocycles. The van der Waals surface area contributed by atoms with Crippen LogP contribution in [0.15, 0.2) is 57.8 Å². The van der Waals surface area contributed by atoms with E-state index in [1.165, 1.54) is 16.4 Å². The van der Waals surface area contributed by atoms with Crippen LogP contribution in [0, 0.1) is 0 Å². The third-order valence-electron chi connectivity index (χ3n) is 6.40. The van der Waals surface area contributed by atoms with Gasteiger partial charge in [-0.15, -0.1) is 10.2 Å². The van der Waals surface area contributed by atoms with Crippen molar-refractivity contribution in [2.24, 2.45) is 0 Å². The maximum Gasteiger partial charge on any atom is 0.311 e. The normalized spacial score (nSPS) is 17.1. The highest BCUT2D eigenvalue weighted by atomic mass is 32.2. The van der Waals surface area contributed by atoms with Gasteiger partial charge in [0.15, 0.2) is 0 Å². The molecule has 2 aliphatic rings. The van der Waals surface area contributed by atoms with Gasteiger partial charge < -0.3 is 19.0 Å². The average Bonchev–Trinajstić information content (AvgIpc) is 3.62. The molecule has 35 heavy (non-hydrogen) atoms. The molecular weight excluding hydrogens is 470 g/mol.